The molecule has 98 valence electrons. The number of rotatable bonds is 2. The molecule has 2 nitrogen and oxygen atoms in total. The van der Waals surface area contributed by atoms with E-state index in [1.807, 2.05) is 43.3 Å². The standard InChI is InChI=1S/C16H15ClO2/c1-10-2-5-14(15(17)6-10)16(18)11-3-4-12-8-19-9-13(12)7-11/h2-7,16,18H,8-9H2,1H3. The van der Waals surface area contributed by atoms with Gasteiger partial charge in [-0.2, -0.15) is 0 Å². The highest BCUT2D eigenvalue weighted by molar-refractivity contribution is 6.31. The first-order chi connectivity index (χ1) is 9.15. The summed E-state index contributed by atoms with van der Waals surface area (Å²) < 4.78 is 5.39. The largest absolute Gasteiger partial charge is 0.384 e. The SMILES string of the molecule is Cc1ccc(C(O)c2ccc3c(c2)COC3)c(Cl)c1. The zero-order valence-electron chi connectivity index (χ0n) is 10.7. The second-order valence-electron chi connectivity index (χ2n) is 4.95. The summed E-state index contributed by atoms with van der Waals surface area (Å²) in [5.41, 5.74) is 5.04. The number of hydrogen-bond acceptors (Lipinski definition) is 2. The molecule has 1 aliphatic rings. The van der Waals surface area contributed by atoms with Gasteiger partial charge in [0.15, 0.2) is 0 Å². The van der Waals surface area contributed by atoms with Crippen LogP contribution in [0.25, 0.3) is 0 Å². The third kappa shape index (κ3) is 2.39. The van der Waals surface area contributed by atoms with Gasteiger partial charge in [-0.25, -0.2) is 0 Å². The third-order valence-corrected chi connectivity index (χ3v) is 3.84. The normalized spacial score (nSPS) is 15.3. The third-order valence-electron chi connectivity index (χ3n) is 3.51. The number of aliphatic hydroxyl groups excluding tert-OH is 1. The molecule has 3 heteroatoms. The van der Waals surface area contributed by atoms with Gasteiger partial charge in [-0.15, -0.1) is 0 Å². The minimum Gasteiger partial charge on any atom is -0.384 e. The highest BCUT2D eigenvalue weighted by atomic mass is 35.5. The van der Waals surface area contributed by atoms with E-state index < -0.39 is 6.10 Å². The van der Waals surface area contributed by atoms with Crippen LogP contribution >= 0.6 is 11.6 Å². The summed E-state index contributed by atoms with van der Waals surface area (Å²) in [4.78, 5) is 0. The van der Waals surface area contributed by atoms with Crippen LogP contribution in [0.1, 0.15) is 33.9 Å². The molecule has 1 atom stereocenters. The Bertz CT molecular complexity index is 622. The molecule has 0 aromatic heterocycles. The summed E-state index contributed by atoms with van der Waals surface area (Å²) in [6.45, 7) is 3.27. The van der Waals surface area contributed by atoms with Gasteiger partial charge in [0.25, 0.3) is 0 Å². The van der Waals surface area contributed by atoms with Crippen LogP contribution in [0, 0.1) is 6.92 Å². The number of benzene rings is 2. The molecular weight excluding hydrogens is 260 g/mol. The summed E-state index contributed by atoms with van der Waals surface area (Å²) in [7, 11) is 0. The monoisotopic (exact) mass is 274 g/mol. The molecule has 19 heavy (non-hydrogen) atoms. The number of fused-ring (bicyclic) bond motifs is 1. The fraction of sp³-hybridized carbons (Fsp3) is 0.250. The van der Waals surface area contributed by atoms with Gasteiger partial charge in [-0.1, -0.05) is 41.9 Å². The molecule has 0 spiro atoms. The molecule has 1 N–H and O–H groups in total. The Hall–Kier alpha value is -1.35. The van der Waals surface area contributed by atoms with Crippen molar-refractivity contribution < 1.29 is 9.84 Å². The van der Waals surface area contributed by atoms with Crippen LogP contribution in [0.4, 0.5) is 0 Å². The predicted octanol–water partition coefficient (Wildman–Crippen LogP) is 3.76. The molecule has 0 saturated heterocycles. The fourth-order valence-electron chi connectivity index (χ4n) is 2.40. The van der Waals surface area contributed by atoms with E-state index in [0.29, 0.717) is 18.2 Å². The Balaban J connectivity index is 1.97. The second kappa shape index (κ2) is 4.97. The lowest BCUT2D eigenvalue weighted by atomic mass is 9.97. The molecule has 0 fully saturated rings. The van der Waals surface area contributed by atoms with E-state index >= 15 is 0 Å². The lowest BCUT2D eigenvalue weighted by molar-refractivity contribution is 0.134. The molecule has 2 aromatic carbocycles. The van der Waals surface area contributed by atoms with Crippen LogP contribution in [0.3, 0.4) is 0 Å². The van der Waals surface area contributed by atoms with Crippen LogP contribution in [-0.4, -0.2) is 5.11 Å². The highest BCUT2D eigenvalue weighted by Gasteiger charge is 2.17. The molecule has 3 rings (SSSR count). The van der Waals surface area contributed by atoms with E-state index in [2.05, 4.69) is 0 Å². The van der Waals surface area contributed by atoms with Crippen molar-refractivity contribution in [2.24, 2.45) is 0 Å². The molecule has 0 amide bonds. The van der Waals surface area contributed by atoms with Crippen molar-refractivity contribution >= 4 is 11.6 Å². The van der Waals surface area contributed by atoms with Crippen LogP contribution in [-0.2, 0) is 18.0 Å². The summed E-state index contributed by atoms with van der Waals surface area (Å²) >= 11 is 6.21. The van der Waals surface area contributed by atoms with E-state index in [0.717, 1.165) is 22.3 Å². The van der Waals surface area contributed by atoms with Gasteiger partial charge < -0.3 is 9.84 Å². The van der Waals surface area contributed by atoms with Crippen molar-refractivity contribution in [2.75, 3.05) is 0 Å². The molecule has 0 bridgehead atoms. The van der Waals surface area contributed by atoms with Gasteiger partial charge >= 0.3 is 0 Å². The summed E-state index contributed by atoms with van der Waals surface area (Å²) in [5, 5.41) is 11.1. The first-order valence-corrected chi connectivity index (χ1v) is 6.66. The average Bonchev–Trinajstić information content (AvgIpc) is 2.85. The number of aliphatic hydroxyl groups is 1. The maximum absolute atomic E-state index is 10.5. The van der Waals surface area contributed by atoms with E-state index in [1.54, 1.807) is 0 Å². The minimum absolute atomic E-state index is 0.601. The van der Waals surface area contributed by atoms with Crippen LogP contribution < -0.4 is 0 Å². The predicted molar refractivity (Wildman–Crippen MR) is 75.2 cm³/mol. The van der Waals surface area contributed by atoms with Crippen molar-refractivity contribution in [1.82, 2.24) is 0 Å². The first-order valence-electron chi connectivity index (χ1n) is 6.29. The van der Waals surface area contributed by atoms with Gasteiger partial charge in [0.05, 0.1) is 13.2 Å². The second-order valence-corrected chi connectivity index (χ2v) is 5.36. The number of aryl methyl sites for hydroxylation is 1. The maximum Gasteiger partial charge on any atom is 0.105 e. The molecule has 2 aromatic rings. The molecule has 1 unspecified atom stereocenters. The van der Waals surface area contributed by atoms with Crippen LogP contribution in [0.5, 0.6) is 0 Å². The summed E-state index contributed by atoms with van der Waals surface area (Å²) in [6, 6.07) is 11.7. The zero-order chi connectivity index (χ0) is 13.4. The van der Waals surface area contributed by atoms with Crippen LogP contribution in [0.2, 0.25) is 5.02 Å². The molecule has 0 aliphatic carbocycles. The topological polar surface area (TPSA) is 29.5 Å². The van der Waals surface area contributed by atoms with Crippen LogP contribution in [0.15, 0.2) is 36.4 Å². The van der Waals surface area contributed by atoms with Gasteiger partial charge in [-0.05, 0) is 35.2 Å². The molecule has 1 heterocycles. The fourth-order valence-corrected chi connectivity index (χ4v) is 2.73. The van der Waals surface area contributed by atoms with Gasteiger partial charge in [0.1, 0.15) is 6.10 Å². The minimum atomic E-state index is -0.695. The molecule has 0 saturated carbocycles. The smallest absolute Gasteiger partial charge is 0.105 e. The van der Waals surface area contributed by atoms with Gasteiger partial charge in [0, 0.05) is 10.6 Å². The quantitative estimate of drug-likeness (QED) is 0.903. The van der Waals surface area contributed by atoms with Crippen molar-refractivity contribution in [3.05, 3.63) is 69.2 Å². The van der Waals surface area contributed by atoms with Gasteiger partial charge in [-0.3, -0.25) is 0 Å². The Morgan fingerprint density at radius 1 is 1.11 bits per heavy atom. The lowest BCUT2D eigenvalue weighted by Gasteiger charge is -2.14. The lowest BCUT2D eigenvalue weighted by Crippen LogP contribution is -2.01. The Kier molecular flexibility index (Phi) is 3.31. The Morgan fingerprint density at radius 3 is 2.68 bits per heavy atom. The summed E-state index contributed by atoms with van der Waals surface area (Å²) in [6.07, 6.45) is -0.695. The van der Waals surface area contributed by atoms with Crippen molar-refractivity contribution in [2.45, 2.75) is 26.2 Å². The molecular formula is C16H15ClO2. The maximum atomic E-state index is 10.5. The van der Waals surface area contributed by atoms with E-state index in [-0.39, 0.29) is 0 Å². The number of halogens is 1. The molecule has 0 radical (unpaired) electrons. The van der Waals surface area contributed by atoms with Gasteiger partial charge in [0.2, 0.25) is 0 Å². The van der Waals surface area contributed by atoms with Crippen molar-refractivity contribution in [3.63, 3.8) is 0 Å². The van der Waals surface area contributed by atoms with Crippen molar-refractivity contribution in [1.29, 1.82) is 0 Å². The van der Waals surface area contributed by atoms with E-state index in [1.165, 1.54) is 5.56 Å². The highest BCUT2D eigenvalue weighted by Crippen LogP contribution is 2.31. The number of hydrogen-bond donors (Lipinski definition) is 1. The zero-order valence-corrected chi connectivity index (χ0v) is 11.4. The van der Waals surface area contributed by atoms with E-state index in [9.17, 15) is 5.11 Å². The Morgan fingerprint density at radius 2 is 1.89 bits per heavy atom. The summed E-state index contributed by atoms with van der Waals surface area (Å²) in [5.74, 6) is 0. The average molecular weight is 275 g/mol. The van der Waals surface area contributed by atoms with Crippen molar-refractivity contribution in [3.8, 4) is 0 Å². The Labute approximate surface area is 117 Å². The van der Waals surface area contributed by atoms with E-state index in [4.69, 9.17) is 16.3 Å². The first kappa shape index (κ1) is 12.7. The molecule has 1 aliphatic heterocycles. The number of ether oxygens (including phenoxy) is 1.